The maximum atomic E-state index is 12.5. The number of benzene rings is 2. The van der Waals surface area contributed by atoms with Gasteiger partial charge in [-0.3, -0.25) is 4.79 Å². The standard InChI is InChI=1S/C20H19NO7/c1-10-8-14(22)15-17(26-2)13(16(23)19(27-3)18(15)28-10)9-21-12-6-4-11(5-7-12)20(24)25/h4-8,21,23H,9H2,1-3H3,(H,24,25). The smallest absolute Gasteiger partial charge is 0.335 e. The van der Waals surface area contributed by atoms with Crippen LogP contribution < -0.4 is 20.2 Å². The highest BCUT2D eigenvalue weighted by atomic mass is 16.5. The number of carbonyl (C=O) groups is 1. The zero-order valence-corrected chi connectivity index (χ0v) is 15.5. The van der Waals surface area contributed by atoms with E-state index in [1.54, 1.807) is 19.1 Å². The van der Waals surface area contributed by atoms with E-state index in [4.69, 9.17) is 19.0 Å². The van der Waals surface area contributed by atoms with Gasteiger partial charge >= 0.3 is 5.97 Å². The van der Waals surface area contributed by atoms with Crippen LogP contribution in [0.3, 0.4) is 0 Å². The van der Waals surface area contributed by atoms with Gasteiger partial charge in [0.05, 0.1) is 25.3 Å². The number of phenols is 1. The van der Waals surface area contributed by atoms with E-state index >= 15 is 0 Å². The van der Waals surface area contributed by atoms with Crippen molar-refractivity contribution in [2.75, 3.05) is 19.5 Å². The van der Waals surface area contributed by atoms with Gasteiger partial charge in [0, 0.05) is 18.3 Å². The van der Waals surface area contributed by atoms with E-state index in [2.05, 4.69) is 5.32 Å². The van der Waals surface area contributed by atoms with Gasteiger partial charge in [-0.25, -0.2) is 4.79 Å². The van der Waals surface area contributed by atoms with Crippen molar-refractivity contribution in [2.24, 2.45) is 0 Å². The highest BCUT2D eigenvalue weighted by Gasteiger charge is 2.24. The molecule has 8 heteroatoms. The molecule has 146 valence electrons. The molecule has 0 atom stereocenters. The third kappa shape index (κ3) is 3.32. The summed E-state index contributed by atoms with van der Waals surface area (Å²) in [6.07, 6.45) is 0. The van der Waals surface area contributed by atoms with Crippen molar-refractivity contribution in [3.8, 4) is 17.2 Å². The van der Waals surface area contributed by atoms with Crippen LogP contribution in [0, 0.1) is 6.92 Å². The summed E-state index contributed by atoms with van der Waals surface area (Å²) in [5.74, 6) is -0.643. The number of carboxylic acid groups (broad SMARTS) is 1. The number of ether oxygens (including phenoxy) is 2. The SMILES string of the molecule is COc1c(O)c(CNc2ccc(C(=O)O)cc2)c(OC)c2c(=O)cc(C)oc12. The molecule has 0 spiro atoms. The molecular weight excluding hydrogens is 366 g/mol. The first-order valence-electron chi connectivity index (χ1n) is 8.34. The first-order chi connectivity index (χ1) is 13.4. The normalized spacial score (nSPS) is 10.7. The second-order valence-corrected chi connectivity index (χ2v) is 6.06. The molecule has 0 radical (unpaired) electrons. The molecule has 28 heavy (non-hydrogen) atoms. The summed E-state index contributed by atoms with van der Waals surface area (Å²) < 4.78 is 16.3. The lowest BCUT2D eigenvalue weighted by Gasteiger charge is -2.17. The Bertz CT molecular complexity index is 1100. The Morgan fingerprint density at radius 3 is 2.36 bits per heavy atom. The summed E-state index contributed by atoms with van der Waals surface area (Å²) in [6, 6.07) is 7.45. The maximum absolute atomic E-state index is 12.5. The first-order valence-corrected chi connectivity index (χ1v) is 8.34. The molecule has 3 aromatic rings. The number of carboxylic acids is 1. The number of phenolic OH excluding ortho intramolecular Hbond substituents is 1. The highest BCUT2D eigenvalue weighted by molar-refractivity contribution is 5.93. The van der Waals surface area contributed by atoms with Gasteiger partial charge < -0.3 is 29.4 Å². The second kappa shape index (κ2) is 7.51. The molecule has 0 amide bonds. The minimum absolute atomic E-state index is 0.0367. The van der Waals surface area contributed by atoms with Crippen LogP contribution >= 0.6 is 0 Å². The highest BCUT2D eigenvalue weighted by Crippen LogP contribution is 2.44. The maximum Gasteiger partial charge on any atom is 0.335 e. The lowest BCUT2D eigenvalue weighted by Crippen LogP contribution is -2.09. The Kier molecular flexibility index (Phi) is 5.12. The lowest BCUT2D eigenvalue weighted by molar-refractivity contribution is 0.0697. The monoisotopic (exact) mass is 385 g/mol. The average molecular weight is 385 g/mol. The Morgan fingerprint density at radius 1 is 1.14 bits per heavy atom. The van der Waals surface area contributed by atoms with Crippen LogP contribution in [-0.4, -0.2) is 30.4 Å². The van der Waals surface area contributed by atoms with E-state index < -0.39 is 5.97 Å². The molecule has 8 nitrogen and oxygen atoms in total. The quantitative estimate of drug-likeness (QED) is 0.592. The Labute approximate surface area is 159 Å². The third-order valence-corrected chi connectivity index (χ3v) is 4.29. The van der Waals surface area contributed by atoms with Crippen molar-refractivity contribution >= 4 is 22.6 Å². The number of nitrogens with one attached hydrogen (secondary N) is 1. The fourth-order valence-corrected chi connectivity index (χ4v) is 2.99. The van der Waals surface area contributed by atoms with Gasteiger partial charge in [0.1, 0.15) is 16.9 Å². The van der Waals surface area contributed by atoms with Crippen LogP contribution in [0.5, 0.6) is 17.2 Å². The minimum atomic E-state index is -1.02. The van der Waals surface area contributed by atoms with Crippen molar-refractivity contribution in [2.45, 2.75) is 13.5 Å². The molecule has 3 N–H and O–H groups in total. The zero-order valence-electron chi connectivity index (χ0n) is 15.5. The number of hydrogen-bond acceptors (Lipinski definition) is 7. The average Bonchev–Trinajstić information content (AvgIpc) is 2.66. The van der Waals surface area contributed by atoms with Crippen LogP contribution in [-0.2, 0) is 6.54 Å². The molecule has 3 rings (SSSR count). The lowest BCUT2D eigenvalue weighted by atomic mass is 10.1. The largest absolute Gasteiger partial charge is 0.504 e. The van der Waals surface area contributed by atoms with Crippen LogP contribution in [0.15, 0.2) is 39.5 Å². The van der Waals surface area contributed by atoms with E-state index in [0.717, 1.165) is 0 Å². The van der Waals surface area contributed by atoms with E-state index in [1.165, 1.54) is 32.4 Å². The number of rotatable bonds is 6. The summed E-state index contributed by atoms with van der Waals surface area (Å²) >= 11 is 0. The predicted molar refractivity (Wildman–Crippen MR) is 103 cm³/mol. The molecule has 0 unspecified atom stereocenters. The summed E-state index contributed by atoms with van der Waals surface area (Å²) in [7, 11) is 2.76. The molecule has 0 saturated heterocycles. The fourth-order valence-electron chi connectivity index (χ4n) is 2.99. The van der Waals surface area contributed by atoms with Crippen molar-refractivity contribution in [3.63, 3.8) is 0 Å². The Hall–Kier alpha value is -3.68. The number of anilines is 1. The van der Waals surface area contributed by atoms with E-state index in [9.17, 15) is 14.7 Å². The first kappa shape index (κ1) is 19.1. The van der Waals surface area contributed by atoms with Crippen LogP contribution in [0.4, 0.5) is 5.69 Å². The van der Waals surface area contributed by atoms with Crippen LogP contribution in [0.1, 0.15) is 21.7 Å². The number of aromatic hydroxyl groups is 1. The molecule has 0 fully saturated rings. The van der Waals surface area contributed by atoms with Gasteiger partial charge in [-0.2, -0.15) is 0 Å². The number of fused-ring (bicyclic) bond motifs is 1. The van der Waals surface area contributed by atoms with Gasteiger partial charge in [-0.05, 0) is 31.2 Å². The topological polar surface area (TPSA) is 118 Å². The molecule has 0 aliphatic rings. The summed E-state index contributed by atoms with van der Waals surface area (Å²) in [5, 5.41) is 22.9. The van der Waals surface area contributed by atoms with Gasteiger partial charge in [0.15, 0.2) is 16.8 Å². The molecule has 0 aliphatic heterocycles. The van der Waals surface area contributed by atoms with E-state index in [0.29, 0.717) is 17.0 Å². The molecule has 0 saturated carbocycles. The molecule has 0 bridgehead atoms. The molecule has 1 heterocycles. The van der Waals surface area contributed by atoms with E-state index in [-0.39, 0.29) is 45.8 Å². The van der Waals surface area contributed by atoms with Gasteiger partial charge in [-0.15, -0.1) is 0 Å². The van der Waals surface area contributed by atoms with Gasteiger partial charge in [-0.1, -0.05) is 0 Å². The van der Waals surface area contributed by atoms with Gasteiger partial charge in [0.25, 0.3) is 0 Å². The number of aromatic carboxylic acids is 1. The number of aryl methyl sites for hydroxylation is 1. The molecule has 1 aromatic heterocycles. The minimum Gasteiger partial charge on any atom is -0.504 e. The fraction of sp³-hybridized carbons (Fsp3) is 0.200. The summed E-state index contributed by atoms with van der Waals surface area (Å²) in [4.78, 5) is 23.5. The number of methoxy groups -OCH3 is 2. The zero-order chi connectivity index (χ0) is 20.4. The second-order valence-electron chi connectivity index (χ2n) is 6.06. The van der Waals surface area contributed by atoms with Crippen molar-refractivity contribution in [3.05, 3.63) is 57.4 Å². The third-order valence-electron chi connectivity index (χ3n) is 4.29. The summed E-state index contributed by atoms with van der Waals surface area (Å²) in [5.41, 5.74) is 0.885. The number of hydrogen-bond donors (Lipinski definition) is 3. The Balaban J connectivity index is 2.08. The van der Waals surface area contributed by atoms with Crippen LogP contribution in [0.25, 0.3) is 11.0 Å². The Morgan fingerprint density at radius 2 is 1.79 bits per heavy atom. The van der Waals surface area contributed by atoms with Gasteiger partial charge in [0.2, 0.25) is 5.75 Å². The molecule has 0 aliphatic carbocycles. The molecule has 2 aromatic carbocycles. The van der Waals surface area contributed by atoms with Crippen molar-refractivity contribution in [1.29, 1.82) is 0 Å². The van der Waals surface area contributed by atoms with Crippen molar-refractivity contribution < 1.29 is 28.9 Å². The predicted octanol–water partition coefficient (Wildman–Crippen LogP) is 3.13. The molecular formula is C20H19NO7. The van der Waals surface area contributed by atoms with Crippen LogP contribution in [0.2, 0.25) is 0 Å². The van der Waals surface area contributed by atoms with Crippen molar-refractivity contribution in [1.82, 2.24) is 0 Å². The van der Waals surface area contributed by atoms with E-state index in [1.807, 2.05) is 0 Å². The summed E-state index contributed by atoms with van der Waals surface area (Å²) in [6.45, 7) is 1.72.